The second kappa shape index (κ2) is 3.78. The van der Waals surface area contributed by atoms with E-state index in [-0.39, 0.29) is 11.4 Å². The van der Waals surface area contributed by atoms with E-state index in [0.717, 1.165) is 37.0 Å². The van der Waals surface area contributed by atoms with Crippen molar-refractivity contribution in [2.24, 2.45) is 17.8 Å². The summed E-state index contributed by atoms with van der Waals surface area (Å²) in [7, 11) is 0. The van der Waals surface area contributed by atoms with Gasteiger partial charge in [-0.05, 0) is 56.3 Å². The van der Waals surface area contributed by atoms with Gasteiger partial charge in [0.15, 0.2) is 4.84 Å². The molecule has 4 bridgehead atoms. The van der Waals surface area contributed by atoms with Crippen LogP contribution in [0, 0.1) is 17.8 Å². The molecule has 0 saturated heterocycles. The molecule has 0 aromatic heterocycles. The lowest BCUT2D eigenvalue weighted by Crippen LogP contribution is -2.60. The molecule has 0 aromatic carbocycles. The van der Waals surface area contributed by atoms with Crippen molar-refractivity contribution in [2.75, 3.05) is 0 Å². The molecule has 0 unspecified atom stereocenters. The maximum absolute atomic E-state index is 11.7. The molecule has 4 saturated carbocycles. The average molecular weight is 262 g/mol. The van der Waals surface area contributed by atoms with E-state index in [1.54, 1.807) is 0 Å². The third-order valence-corrected chi connectivity index (χ3v) is 5.02. The van der Waals surface area contributed by atoms with Crippen LogP contribution in [0.25, 0.3) is 0 Å². The number of carbonyl (C=O) groups is 1. The van der Waals surface area contributed by atoms with Gasteiger partial charge in [0, 0.05) is 5.54 Å². The Bertz CT molecular complexity index is 281. The van der Waals surface area contributed by atoms with Crippen LogP contribution in [-0.2, 0) is 4.79 Å². The van der Waals surface area contributed by atoms with Crippen LogP contribution in [0.3, 0.4) is 0 Å². The Morgan fingerprint density at radius 1 is 1.06 bits per heavy atom. The van der Waals surface area contributed by atoms with Gasteiger partial charge in [-0.2, -0.15) is 0 Å². The van der Waals surface area contributed by atoms with Gasteiger partial charge in [-0.1, -0.05) is 23.2 Å². The summed E-state index contributed by atoms with van der Waals surface area (Å²) in [5.74, 6) is 2.28. The molecule has 1 amide bonds. The lowest BCUT2D eigenvalue weighted by atomic mass is 9.53. The second-order valence-electron chi connectivity index (χ2n) is 5.99. The highest BCUT2D eigenvalue weighted by Gasteiger charge is 2.51. The molecule has 0 atom stereocenters. The SMILES string of the molecule is O=C(NC12CC3CC(CC(C3)C1)C2)C(Cl)Cl. The number of rotatable bonds is 2. The van der Waals surface area contributed by atoms with Crippen LogP contribution in [0.15, 0.2) is 0 Å². The lowest BCUT2D eigenvalue weighted by Gasteiger charge is -2.56. The summed E-state index contributed by atoms with van der Waals surface area (Å²) in [4.78, 5) is 10.7. The van der Waals surface area contributed by atoms with Crippen molar-refractivity contribution in [3.8, 4) is 0 Å². The molecule has 0 aliphatic heterocycles. The van der Waals surface area contributed by atoms with Gasteiger partial charge in [-0.3, -0.25) is 4.79 Å². The molecule has 1 N–H and O–H groups in total. The van der Waals surface area contributed by atoms with E-state index in [2.05, 4.69) is 5.32 Å². The van der Waals surface area contributed by atoms with Crippen LogP contribution in [0.2, 0.25) is 0 Å². The van der Waals surface area contributed by atoms with Gasteiger partial charge in [0.05, 0.1) is 0 Å². The number of halogens is 2. The van der Waals surface area contributed by atoms with E-state index in [1.165, 1.54) is 19.3 Å². The van der Waals surface area contributed by atoms with Crippen LogP contribution >= 0.6 is 23.2 Å². The lowest BCUT2D eigenvalue weighted by molar-refractivity contribution is -0.125. The zero-order valence-corrected chi connectivity index (χ0v) is 10.7. The molecule has 0 spiro atoms. The maximum Gasteiger partial charge on any atom is 0.253 e. The minimum Gasteiger partial charge on any atom is -0.348 e. The maximum atomic E-state index is 11.7. The number of amides is 1. The summed E-state index contributed by atoms with van der Waals surface area (Å²) in [6, 6.07) is 0. The molecule has 16 heavy (non-hydrogen) atoms. The molecule has 4 heteroatoms. The van der Waals surface area contributed by atoms with Gasteiger partial charge in [-0.15, -0.1) is 0 Å². The topological polar surface area (TPSA) is 29.1 Å². The number of hydrogen-bond donors (Lipinski definition) is 1. The molecular weight excluding hydrogens is 245 g/mol. The largest absolute Gasteiger partial charge is 0.348 e. The van der Waals surface area contributed by atoms with E-state index in [9.17, 15) is 4.79 Å². The zero-order chi connectivity index (χ0) is 11.3. The number of nitrogens with one attached hydrogen (secondary N) is 1. The Hall–Kier alpha value is 0.0500. The van der Waals surface area contributed by atoms with E-state index < -0.39 is 4.84 Å². The summed E-state index contributed by atoms with van der Waals surface area (Å²) in [5.41, 5.74) is 0.0356. The summed E-state index contributed by atoms with van der Waals surface area (Å²) >= 11 is 11.2. The molecule has 0 radical (unpaired) electrons. The molecule has 4 fully saturated rings. The molecule has 0 aromatic rings. The fourth-order valence-corrected chi connectivity index (χ4v) is 4.69. The van der Waals surface area contributed by atoms with Gasteiger partial charge >= 0.3 is 0 Å². The molecule has 4 aliphatic carbocycles. The summed E-state index contributed by atoms with van der Waals surface area (Å²) in [6.07, 6.45) is 7.56. The number of alkyl halides is 2. The van der Waals surface area contributed by atoms with Gasteiger partial charge < -0.3 is 5.32 Å². The van der Waals surface area contributed by atoms with Gasteiger partial charge in [-0.25, -0.2) is 0 Å². The van der Waals surface area contributed by atoms with Crippen LogP contribution < -0.4 is 5.32 Å². The van der Waals surface area contributed by atoms with Crippen molar-refractivity contribution < 1.29 is 4.79 Å². The third kappa shape index (κ3) is 1.84. The standard InChI is InChI=1S/C12H17Cl2NO/c13-10(14)11(16)15-12-4-7-1-8(5-12)3-9(2-7)6-12/h7-10H,1-6H2,(H,15,16). The van der Waals surface area contributed by atoms with E-state index in [0.29, 0.717) is 0 Å². The normalized spacial score (nSPS) is 45.1. The Kier molecular flexibility index (Phi) is 2.63. The van der Waals surface area contributed by atoms with Crippen LogP contribution in [0.5, 0.6) is 0 Å². The van der Waals surface area contributed by atoms with Crippen molar-refractivity contribution in [1.29, 1.82) is 0 Å². The number of carbonyl (C=O) groups excluding carboxylic acids is 1. The predicted octanol–water partition coefficient (Wildman–Crippen LogP) is 2.88. The fourth-order valence-electron chi connectivity index (χ4n) is 4.58. The molecule has 4 rings (SSSR count). The van der Waals surface area contributed by atoms with Crippen molar-refractivity contribution >= 4 is 29.1 Å². The summed E-state index contributed by atoms with van der Waals surface area (Å²) in [6.45, 7) is 0. The average Bonchev–Trinajstić information content (AvgIpc) is 2.13. The Labute approximate surface area is 106 Å². The van der Waals surface area contributed by atoms with Crippen LogP contribution in [0.1, 0.15) is 38.5 Å². The highest BCUT2D eigenvalue weighted by Crippen LogP contribution is 2.55. The Balaban J connectivity index is 1.76. The molecule has 90 valence electrons. The van der Waals surface area contributed by atoms with Crippen molar-refractivity contribution in [3.05, 3.63) is 0 Å². The molecule has 0 heterocycles. The highest BCUT2D eigenvalue weighted by molar-refractivity contribution is 6.53. The zero-order valence-electron chi connectivity index (χ0n) is 9.22. The van der Waals surface area contributed by atoms with E-state index in [4.69, 9.17) is 23.2 Å². The number of hydrogen-bond acceptors (Lipinski definition) is 1. The first kappa shape index (κ1) is 11.2. The van der Waals surface area contributed by atoms with Gasteiger partial charge in [0.1, 0.15) is 0 Å². The van der Waals surface area contributed by atoms with Crippen molar-refractivity contribution in [1.82, 2.24) is 5.32 Å². The highest BCUT2D eigenvalue weighted by atomic mass is 35.5. The van der Waals surface area contributed by atoms with Gasteiger partial charge in [0.25, 0.3) is 5.91 Å². The van der Waals surface area contributed by atoms with Crippen molar-refractivity contribution in [2.45, 2.75) is 48.9 Å². The minimum atomic E-state index is -0.923. The third-order valence-electron chi connectivity index (χ3n) is 4.62. The van der Waals surface area contributed by atoms with Crippen LogP contribution in [-0.4, -0.2) is 16.3 Å². The quantitative estimate of drug-likeness (QED) is 0.762. The first-order valence-electron chi connectivity index (χ1n) is 6.16. The molecule has 4 aliphatic rings. The first-order chi connectivity index (χ1) is 7.56. The second-order valence-corrected chi connectivity index (χ2v) is 7.08. The minimum absolute atomic E-state index is 0.0356. The summed E-state index contributed by atoms with van der Waals surface area (Å²) in [5, 5.41) is 3.12. The molecular formula is C12H17Cl2NO. The van der Waals surface area contributed by atoms with Crippen LogP contribution in [0.4, 0.5) is 0 Å². The summed E-state index contributed by atoms with van der Waals surface area (Å²) < 4.78 is 0. The Morgan fingerprint density at radius 2 is 1.50 bits per heavy atom. The Morgan fingerprint density at radius 3 is 1.88 bits per heavy atom. The fraction of sp³-hybridized carbons (Fsp3) is 0.917. The predicted molar refractivity (Wildman–Crippen MR) is 64.5 cm³/mol. The first-order valence-corrected chi connectivity index (χ1v) is 7.04. The smallest absolute Gasteiger partial charge is 0.253 e. The monoisotopic (exact) mass is 261 g/mol. The van der Waals surface area contributed by atoms with E-state index in [1.807, 2.05) is 0 Å². The van der Waals surface area contributed by atoms with E-state index >= 15 is 0 Å². The van der Waals surface area contributed by atoms with Crippen molar-refractivity contribution in [3.63, 3.8) is 0 Å². The van der Waals surface area contributed by atoms with Gasteiger partial charge in [0.2, 0.25) is 0 Å². The molecule has 2 nitrogen and oxygen atoms in total.